The first-order valence-corrected chi connectivity index (χ1v) is 6.55. The molecule has 6 heteroatoms. The van der Waals surface area contributed by atoms with Crippen LogP contribution in [-0.4, -0.2) is 20.1 Å². The van der Waals surface area contributed by atoms with Crippen LogP contribution in [-0.2, 0) is 9.05 Å². The molecule has 0 amide bonds. The van der Waals surface area contributed by atoms with Gasteiger partial charge in [0.25, 0.3) is 5.92 Å². The van der Waals surface area contributed by atoms with Gasteiger partial charge < -0.3 is 0 Å². The van der Waals surface area contributed by atoms with Crippen molar-refractivity contribution in [1.29, 1.82) is 0 Å². The van der Waals surface area contributed by atoms with Gasteiger partial charge in [0.2, 0.25) is 9.05 Å². The number of halogens is 3. The van der Waals surface area contributed by atoms with Gasteiger partial charge in [0.15, 0.2) is 0 Å². The van der Waals surface area contributed by atoms with Gasteiger partial charge in [0.05, 0.1) is 11.2 Å². The molecular weight excluding hydrogens is 222 g/mol. The highest BCUT2D eigenvalue weighted by molar-refractivity contribution is 8.13. The van der Waals surface area contributed by atoms with E-state index < -0.39 is 26.1 Å². The average Bonchev–Trinajstić information content (AvgIpc) is 2.51. The zero-order chi connectivity index (χ0) is 9.91. The van der Waals surface area contributed by atoms with Gasteiger partial charge >= 0.3 is 0 Å². The predicted molar refractivity (Wildman–Crippen MR) is 44.4 cm³/mol. The van der Waals surface area contributed by atoms with Crippen molar-refractivity contribution in [2.24, 2.45) is 11.3 Å². The van der Waals surface area contributed by atoms with Crippen LogP contribution in [0.25, 0.3) is 0 Å². The van der Waals surface area contributed by atoms with Gasteiger partial charge in [-0.3, -0.25) is 0 Å². The number of fused-ring (bicyclic) bond motifs is 1. The van der Waals surface area contributed by atoms with Crippen molar-refractivity contribution in [2.45, 2.75) is 25.2 Å². The maximum absolute atomic E-state index is 13.2. The van der Waals surface area contributed by atoms with E-state index in [1.165, 1.54) is 0 Å². The molecule has 0 N–H and O–H groups in total. The first kappa shape index (κ1) is 9.65. The second-order valence-electron chi connectivity index (χ2n) is 3.98. The number of rotatable bonds is 2. The molecule has 0 aliphatic heterocycles. The molecule has 2 aliphatic rings. The number of alkyl halides is 2. The molecule has 13 heavy (non-hydrogen) atoms. The molecule has 0 aromatic rings. The lowest BCUT2D eigenvalue weighted by molar-refractivity contribution is -0.0531. The van der Waals surface area contributed by atoms with E-state index in [0.29, 0.717) is 12.8 Å². The maximum atomic E-state index is 13.2. The molecule has 2 aliphatic carbocycles. The summed E-state index contributed by atoms with van der Waals surface area (Å²) in [5.41, 5.74) is -1.31. The van der Waals surface area contributed by atoms with Crippen molar-refractivity contribution in [3.63, 3.8) is 0 Å². The molecule has 2 rings (SSSR count). The Morgan fingerprint density at radius 3 is 2.38 bits per heavy atom. The monoisotopic (exact) mass is 230 g/mol. The van der Waals surface area contributed by atoms with Gasteiger partial charge in [-0.15, -0.1) is 0 Å². The third-order valence-electron chi connectivity index (χ3n) is 3.20. The zero-order valence-corrected chi connectivity index (χ0v) is 8.34. The fraction of sp³-hybridized carbons (Fsp3) is 1.00. The van der Waals surface area contributed by atoms with Crippen molar-refractivity contribution >= 4 is 19.7 Å². The molecular formula is C7H9ClF2O2S. The Kier molecular flexibility index (Phi) is 1.76. The minimum absolute atomic E-state index is 0.129. The molecule has 2 saturated carbocycles. The van der Waals surface area contributed by atoms with E-state index in [4.69, 9.17) is 10.7 Å². The maximum Gasteiger partial charge on any atom is 0.254 e. The fourth-order valence-electron chi connectivity index (χ4n) is 2.40. The third-order valence-corrected chi connectivity index (χ3v) is 4.38. The van der Waals surface area contributed by atoms with Crippen molar-refractivity contribution in [1.82, 2.24) is 0 Å². The van der Waals surface area contributed by atoms with E-state index in [0.717, 1.165) is 0 Å². The molecule has 2 atom stereocenters. The van der Waals surface area contributed by atoms with Crippen LogP contribution < -0.4 is 0 Å². The van der Waals surface area contributed by atoms with Gasteiger partial charge in [-0.1, -0.05) is 0 Å². The first-order chi connectivity index (χ1) is 5.77. The molecule has 0 bridgehead atoms. The summed E-state index contributed by atoms with van der Waals surface area (Å²) >= 11 is 0. The van der Waals surface area contributed by atoms with E-state index >= 15 is 0 Å². The second kappa shape index (κ2) is 2.37. The van der Waals surface area contributed by atoms with E-state index in [9.17, 15) is 17.2 Å². The lowest BCUT2D eigenvalue weighted by Gasteiger charge is -2.21. The van der Waals surface area contributed by atoms with E-state index in [1.54, 1.807) is 0 Å². The minimum atomic E-state index is -3.80. The fourth-order valence-corrected chi connectivity index (χ4v) is 4.17. The summed E-state index contributed by atoms with van der Waals surface area (Å²) in [7, 11) is 1.19. The Morgan fingerprint density at radius 2 is 2.08 bits per heavy atom. The van der Waals surface area contributed by atoms with Crippen LogP contribution in [0.5, 0.6) is 0 Å². The van der Waals surface area contributed by atoms with Gasteiger partial charge in [0.1, 0.15) is 0 Å². The van der Waals surface area contributed by atoms with E-state index in [1.807, 2.05) is 0 Å². The molecule has 0 saturated heterocycles. The summed E-state index contributed by atoms with van der Waals surface area (Å²) in [4.78, 5) is 0. The highest BCUT2D eigenvalue weighted by Crippen LogP contribution is 2.70. The first-order valence-electron chi connectivity index (χ1n) is 4.07. The van der Waals surface area contributed by atoms with E-state index in [2.05, 4.69) is 0 Å². The van der Waals surface area contributed by atoms with Crippen LogP contribution in [0.1, 0.15) is 19.3 Å². The van der Waals surface area contributed by atoms with Crippen molar-refractivity contribution in [3.8, 4) is 0 Å². The molecule has 2 fully saturated rings. The minimum Gasteiger partial charge on any atom is -0.212 e. The highest BCUT2D eigenvalue weighted by Gasteiger charge is 2.73. The molecule has 0 radical (unpaired) electrons. The van der Waals surface area contributed by atoms with Crippen LogP contribution >= 0.6 is 10.7 Å². The molecule has 0 unspecified atom stereocenters. The lowest BCUT2D eigenvalue weighted by atomic mass is 10.0. The Morgan fingerprint density at radius 1 is 1.46 bits per heavy atom. The van der Waals surface area contributed by atoms with Gasteiger partial charge in [0, 0.05) is 17.1 Å². The van der Waals surface area contributed by atoms with Crippen molar-refractivity contribution in [2.75, 3.05) is 5.75 Å². The smallest absolute Gasteiger partial charge is 0.212 e. The number of hydrogen-bond acceptors (Lipinski definition) is 2. The largest absolute Gasteiger partial charge is 0.254 e. The molecule has 76 valence electrons. The zero-order valence-electron chi connectivity index (χ0n) is 6.76. The Bertz CT molecular complexity index is 340. The Labute approximate surface area is 79.7 Å². The van der Waals surface area contributed by atoms with Crippen LogP contribution in [0.15, 0.2) is 0 Å². The van der Waals surface area contributed by atoms with Crippen LogP contribution in [0.2, 0.25) is 0 Å². The predicted octanol–water partition coefficient (Wildman–Crippen LogP) is 1.99. The van der Waals surface area contributed by atoms with Gasteiger partial charge in [-0.25, -0.2) is 17.2 Å². The van der Waals surface area contributed by atoms with Crippen molar-refractivity contribution < 1.29 is 17.2 Å². The standard InChI is InChI=1S/C7H9ClF2O2S/c8-13(11,12)4-6-3-5(6)1-2-7(6,9)10/h5H,1-4H2/t5-,6-/m1/s1. The quantitative estimate of drug-likeness (QED) is 0.680. The summed E-state index contributed by atoms with van der Waals surface area (Å²) in [6, 6.07) is 0. The molecule has 0 aromatic carbocycles. The molecule has 2 nitrogen and oxygen atoms in total. The van der Waals surface area contributed by atoms with Crippen LogP contribution in [0.3, 0.4) is 0 Å². The van der Waals surface area contributed by atoms with E-state index in [-0.39, 0.29) is 12.3 Å². The Hall–Kier alpha value is 0.1000. The Balaban J connectivity index is 2.24. The molecule has 0 heterocycles. The third kappa shape index (κ3) is 1.36. The highest BCUT2D eigenvalue weighted by atomic mass is 35.7. The normalized spacial score (nSPS) is 41.6. The van der Waals surface area contributed by atoms with Gasteiger partial charge in [-0.05, 0) is 18.8 Å². The summed E-state index contributed by atoms with van der Waals surface area (Å²) in [6.45, 7) is 0. The molecule has 0 aromatic heterocycles. The van der Waals surface area contributed by atoms with Crippen LogP contribution in [0.4, 0.5) is 8.78 Å². The second-order valence-corrected chi connectivity index (χ2v) is 6.76. The topological polar surface area (TPSA) is 34.1 Å². The number of hydrogen-bond donors (Lipinski definition) is 0. The molecule has 0 spiro atoms. The lowest BCUT2D eigenvalue weighted by Crippen LogP contribution is -2.32. The summed E-state index contributed by atoms with van der Waals surface area (Å²) < 4.78 is 48.0. The summed E-state index contributed by atoms with van der Waals surface area (Å²) in [5.74, 6) is -3.53. The van der Waals surface area contributed by atoms with Gasteiger partial charge in [-0.2, -0.15) is 0 Å². The van der Waals surface area contributed by atoms with Crippen LogP contribution in [0, 0.1) is 11.3 Å². The average molecular weight is 231 g/mol. The van der Waals surface area contributed by atoms with Crippen molar-refractivity contribution in [3.05, 3.63) is 0 Å². The summed E-state index contributed by atoms with van der Waals surface area (Å²) in [5, 5.41) is 0. The SMILES string of the molecule is O=S(=O)(Cl)C[C@]12C[C@H]1CCC2(F)F. The summed E-state index contributed by atoms with van der Waals surface area (Å²) in [6.07, 6.45) is 0.551.